The first-order valence-electron chi connectivity index (χ1n) is 9.18. The van der Waals surface area contributed by atoms with Gasteiger partial charge in [0.05, 0.1) is 6.61 Å². The van der Waals surface area contributed by atoms with E-state index < -0.39 is 6.61 Å². The summed E-state index contributed by atoms with van der Waals surface area (Å²) in [4.78, 5) is 6.24. The van der Waals surface area contributed by atoms with Crippen LogP contribution in [0.15, 0.2) is 53.5 Å². The normalized spacial score (nSPS) is 11.1. The molecule has 2 rings (SSSR count). The average Bonchev–Trinajstić information content (AvgIpc) is 2.71. The van der Waals surface area contributed by atoms with E-state index in [0.717, 1.165) is 22.8 Å². The Morgan fingerprint density at radius 1 is 1.00 bits per heavy atom. The first kappa shape index (κ1) is 25.9. The predicted octanol–water partition coefficient (Wildman–Crippen LogP) is 4.14. The van der Waals surface area contributed by atoms with Crippen molar-refractivity contribution in [3.8, 4) is 11.5 Å². The Bertz CT molecular complexity index is 759. The van der Waals surface area contributed by atoms with Crippen LogP contribution in [0.5, 0.6) is 11.5 Å². The molecule has 0 aliphatic carbocycles. The zero-order valence-corrected chi connectivity index (χ0v) is 19.6. The minimum absolute atomic E-state index is 0. The Hall–Kier alpha value is -2.14. The van der Waals surface area contributed by atoms with Crippen molar-refractivity contribution in [1.82, 2.24) is 10.2 Å². The van der Waals surface area contributed by atoms with Crippen LogP contribution in [0.3, 0.4) is 0 Å². The van der Waals surface area contributed by atoms with Crippen LogP contribution in [0.4, 0.5) is 8.78 Å². The molecule has 1 N–H and O–H groups in total. The number of rotatable bonds is 10. The largest absolute Gasteiger partial charge is 0.491 e. The SMILES string of the molecule is CN=C(NCc1ccc(OCCOC)cc1)N(C)Cc1ccc(OC(F)F)cc1.I. The van der Waals surface area contributed by atoms with E-state index in [4.69, 9.17) is 9.47 Å². The molecule has 0 saturated carbocycles. The Morgan fingerprint density at radius 3 is 2.17 bits per heavy atom. The lowest BCUT2D eigenvalue weighted by Crippen LogP contribution is -2.38. The van der Waals surface area contributed by atoms with Gasteiger partial charge in [0, 0.05) is 34.3 Å². The number of hydrogen-bond acceptors (Lipinski definition) is 4. The molecule has 0 aliphatic rings. The zero-order chi connectivity index (χ0) is 21.1. The molecule has 0 spiro atoms. The van der Waals surface area contributed by atoms with Gasteiger partial charge in [0.25, 0.3) is 0 Å². The van der Waals surface area contributed by atoms with Crippen LogP contribution < -0.4 is 14.8 Å². The fraction of sp³-hybridized carbons (Fsp3) is 0.381. The van der Waals surface area contributed by atoms with Crippen LogP contribution in [0.2, 0.25) is 0 Å². The second-order valence-electron chi connectivity index (χ2n) is 6.26. The van der Waals surface area contributed by atoms with Crippen LogP contribution in [-0.2, 0) is 17.8 Å². The van der Waals surface area contributed by atoms with Crippen molar-refractivity contribution in [2.45, 2.75) is 19.7 Å². The summed E-state index contributed by atoms with van der Waals surface area (Å²) in [7, 11) is 5.26. The summed E-state index contributed by atoms with van der Waals surface area (Å²) in [5.41, 5.74) is 2.04. The van der Waals surface area contributed by atoms with Crippen LogP contribution in [0, 0.1) is 0 Å². The van der Waals surface area contributed by atoms with Crippen LogP contribution in [-0.4, -0.2) is 51.9 Å². The number of methoxy groups -OCH3 is 1. The molecule has 0 fully saturated rings. The highest BCUT2D eigenvalue weighted by Gasteiger charge is 2.08. The molecule has 2 aromatic rings. The number of hydrogen-bond donors (Lipinski definition) is 1. The molecule has 30 heavy (non-hydrogen) atoms. The van der Waals surface area contributed by atoms with E-state index in [0.29, 0.717) is 26.3 Å². The maximum Gasteiger partial charge on any atom is 0.387 e. The molecule has 2 aromatic carbocycles. The van der Waals surface area contributed by atoms with E-state index >= 15 is 0 Å². The van der Waals surface area contributed by atoms with Gasteiger partial charge in [0.1, 0.15) is 18.1 Å². The number of aliphatic imine (C=N–C) groups is 1. The van der Waals surface area contributed by atoms with Gasteiger partial charge in [0.15, 0.2) is 5.96 Å². The number of benzene rings is 2. The summed E-state index contributed by atoms with van der Waals surface area (Å²) in [5, 5.41) is 3.31. The maximum absolute atomic E-state index is 12.2. The highest BCUT2D eigenvalue weighted by Crippen LogP contribution is 2.16. The Morgan fingerprint density at radius 2 is 1.60 bits per heavy atom. The number of ether oxygens (including phenoxy) is 3. The van der Waals surface area contributed by atoms with Gasteiger partial charge in [-0.25, -0.2) is 0 Å². The molecule has 0 unspecified atom stereocenters. The molecule has 0 amide bonds. The van der Waals surface area contributed by atoms with E-state index in [1.165, 1.54) is 12.1 Å². The number of guanidine groups is 1. The van der Waals surface area contributed by atoms with E-state index in [9.17, 15) is 8.78 Å². The lowest BCUT2D eigenvalue weighted by atomic mass is 10.2. The van der Waals surface area contributed by atoms with Gasteiger partial charge in [-0.1, -0.05) is 24.3 Å². The minimum atomic E-state index is -2.82. The van der Waals surface area contributed by atoms with Crippen LogP contribution in [0.25, 0.3) is 0 Å². The molecular weight excluding hydrogens is 507 g/mol. The smallest absolute Gasteiger partial charge is 0.387 e. The summed E-state index contributed by atoms with van der Waals surface area (Å²) < 4.78 is 39.3. The summed E-state index contributed by atoms with van der Waals surface area (Å²) in [6.45, 7) is -0.580. The van der Waals surface area contributed by atoms with Crippen LogP contribution in [0.1, 0.15) is 11.1 Å². The van der Waals surface area contributed by atoms with E-state index in [2.05, 4.69) is 15.0 Å². The first-order valence-corrected chi connectivity index (χ1v) is 9.18. The summed E-state index contributed by atoms with van der Waals surface area (Å²) in [6, 6.07) is 14.4. The van der Waals surface area contributed by atoms with E-state index in [-0.39, 0.29) is 29.7 Å². The predicted molar refractivity (Wildman–Crippen MR) is 124 cm³/mol. The van der Waals surface area contributed by atoms with Gasteiger partial charge in [-0.15, -0.1) is 24.0 Å². The molecule has 0 aliphatic heterocycles. The Balaban J connectivity index is 0.00000450. The lowest BCUT2D eigenvalue weighted by molar-refractivity contribution is -0.0498. The topological polar surface area (TPSA) is 55.3 Å². The van der Waals surface area contributed by atoms with Crippen molar-refractivity contribution in [3.63, 3.8) is 0 Å². The van der Waals surface area contributed by atoms with Gasteiger partial charge in [0.2, 0.25) is 0 Å². The van der Waals surface area contributed by atoms with Crippen LogP contribution >= 0.6 is 24.0 Å². The van der Waals surface area contributed by atoms with Crippen molar-refractivity contribution < 1.29 is 23.0 Å². The molecule has 0 heterocycles. The number of halogens is 3. The molecule has 0 radical (unpaired) electrons. The third kappa shape index (κ3) is 9.12. The Kier molecular flexibility index (Phi) is 12.1. The monoisotopic (exact) mass is 535 g/mol. The van der Waals surface area contributed by atoms with Crippen molar-refractivity contribution in [1.29, 1.82) is 0 Å². The maximum atomic E-state index is 12.2. The highest BCUT2D eigenvalue weighted by molar-refractivity contribution is 14.0. The van der Waals surface area contributed by atoms with E-state index in [1.54, 1.807) is 26.3 Å². The first-order chi connectivity index (χ1) is 14.0. The number of alkyl halides is 2. The van der Waals surface area contributed by atoms with Crippen molar-refractivity contribution in [2.75, 3.05) is 34.4 Å². The third-order valence-corrected chi connectivity index (χ3v) is 4.07. The number of nitrogens with zero attached hydrogens (tertiary/aromatic N) is 2. The highest BCUT2D eigenvalue weighted by atomic mass is 127. The van der Waals surface area contributed by atoms with Crippen molar-refractivity contribution in [3.05, 3.63) is 59.7 Å². The minimum Gasteiger partial charge on any atom is -0.491 e. The average molecular weight is 535 g/mol. The fourth-order valence-corrected chi connectivity index (χ4v) is 2.64. The molecule has 166 valence electrons. The molecule has 0 aromatic heterocycles. The lowest BCUT2D eigenvalue weighted by Gasteiger charge is -2.22. The summed E-state index contributed by atoms with van der Waals surface area (Å²) in [5.74, 6) is 1.66. The van der Waals surface area contributed by atoms with Gasteiger partial charge in [-0.2, -0.15) is 8.78 Å². The molecule has 0 atom stereocenters. The van der Waals surface area contributed by atoms with Gasteiger partial charge in [-0.3, -0.25) is 4.99 Å². The molecule has 6 nitrogen and oxygen atoms in total. The quantitative estimate of drug-likeness (QED) is 0.215. The Labute approximate surface area is 193 Å². The van der Waals surface area contributed by atoms with Crippen molar-refractivity contribution in [2.24, 2.45) is 4.99 Å². The van der Waals surface area contributed by atoms with Gasteiger partial charge < -0.3 is 24.4 Å². The summed E-state index contributed by atoms with van der Waals surface area (Å²) in [6.07, 6.45) is 0. The fourth-order valence-electron chi connectivity index (χ4n) is 2.64. The second-order valence-corrected chi connectivity index (χ2v) is 6.26. The summed E-state index contributed by atoms with van der Waals surface area (Å²) >= 11 is 0. The number of nitrogens with one attached hydrogen (secondary N) is 1. The second kappa shape index (κ2) is 14.0. The van der Waals surface area contributed by atoms with Gasteiger partial charge >= 0.3 is 6.61 Å². The molecule has 0 saturated heterocycles. The third-order valence-electron chi connectivity index (χ3n) is 4.07. The standard InChI is InChI=1S/C21H27F2N3O3.HI/c1-24-21(25-14-16-4-8-18(9-5-16)28-13-12-27-3)26(2)15-17-6-10-19(11-7-17)29-20(22)23;/h4-11,20H,12-15H2,1-3H3,(H,24,25);1H. The molecule has 0 bridgehead atoms. The molecular formula is C21H28F2IN3O3. The molecule has 9 heteroatoms. The van der Waals surface area contributed by atoms with E-state index in [1.807, 2.05) is 36.2 Å². The van der Waals surface area contributed by atoms with Gasteiger partial charge in [-0.05, 0) is 35.4 Å². The zero-order valence-electron chi connectivity index (χ0n) is 17.3. The van der Waals surface area contributed by atoms with Crippen molar-refractivity contribution >= 4 is 29.9 Å².